The van der Waals surface area contributed by atoms with Gasteiger partial charge in [0.25, 0.3) is 0 Å². The van der Waals surface area contributed by atoms with E-state index < -0.39 is 0 Å². The van der Waals surface area contributed by atoms with Crippen molar-refractivity contribution in [3.8, 4) is 0 Å². The summed E-state index contributed by atoms with van der Waals surface area (Å²) in [5, 5.41) is 3.75. The third kappa shape index (κ3) is 3.22. The minimum Gasteiger partial charge on any atom is -0.396 e. The standard InChI is InChI=1S/C9H18N2O/c1-3-10-12-8-9-4-6-11(2)7-5-9/h3,9H,4-8H2,1-2H3. The molecule has 1 aliphatic heterocycles. The van der Waals surface area contributed by atoms with Crippen LogP contribution in [0, 0.1) is 5.92 Å². The predicted molar refractivity (Wildman–Crippen MR) is 50.3 cm³/mol. The molecular weight excluding hydrogens is 152 g/mol. The van der Waals surface area contributed by atoms with Crippen molar-refractivity contribution in [3.05, 3.63) is 0 Å². The Labute approximate surface area is 74.4 Å². The summed E-state index contributed by atoms with van der Waals surface area (Å²) in [5.41, 5.74) is 0. The van der Waals surface area contributed by atoms with E-state index in [1.165, 1.54) is 25.9 Å². The quantitative estimate of drug-likeness (QED) is 0.472. The number of oxime groups is 1. The van der Waals surface area contributed by atoms with Gasteiger partial charge in [0.2, 0.25) is 0 Å². The van der Waals surface area contributed by atoms with Crippen LogP contribution in [-0.4, -0.2) is 37.9 Å². The van der Waals surface area contributed by atoms with E-state index in [0.717, 1.165) is 6.61 Å². The van der Waals surface area contributed by atoms with Crippen molar-refractivity contribution in [3.63, 3.8) is 0 Å². The molecule has 70 valence electrons. The van der Waals surface area contributed by atoms with E-state index >= 15 is 0 Å². The normalized spacial score (nSPS) is 21.8. The van der Waals surface area contributed by atoms with Gasteiger partial charge >= 0.3 is 0 Å². The van der Waals surface area contributed by atoms with Crippen molar-refractivity contribution < 1.29 is 4.84 Å². The Morgan fingerprint density at radius 2 is 2.17 bits per heavy atom. The van der Waals surface area contributed by atoms with Crippen molar-refractivity contribution in [1.29, 1.82) is 0 Å². The Morgan fingerprint density at radius 3 is 2.75 bits per heavy atom. The van der Waals surface area contributed by atoms with Crippen LogP contribution in [0.5, 0.6) is 0 Å². The van der Waals surface area contributed by atoms with E-state index in [-0.39, 0.29) is 0 Å². The van der Waals surface area contributed by atoms with Crippen molar-refractivity contribution in [2.45, 2.75) is 19.8 Å². The summed E-state index contributed by atoms with van der Waals surface area (Å²) < 4.78 is 0. The van der Waals surface area contributed by atoms with Crippen LogP contribution in [0.4, 0.5) is 0 Å². The molecule has 0 unspecified atom stereocenters. The fourth-order valence-electron chi connectivity index (χ4n) is 1.45. The molecule has 0 aromatic heterocycles. The van der Waals surface area contributed by atoms with Gasteiger partial charge in [-0.05, 0) is 45.8 Å². The molecule has 1 saturated heterocycles. The van der Waals surface area contributed by atoms with E-state index in [1.807, 2.05) is 6.92 Å². The van der Waals surface area contributed by atoms with Crippen molar-refractivity contribution >= 4 is 6.21 Å². The van der Waals surface area contributed by atoms with E-state index in [4.69, 9.17) is 4.84 Å². The summed E-state index contributed by atoms with van der Waals surface area (Å²) in [4.78, 5) is 7.47. The maximum atomic E-state index is 5.11. The van der Waals surface area contributed by atoms with Crippen molar-refractivity contribution in [1.82, 2.24) is 4.90 Å². The molecule has 1 rings (SSSR count). The molecule has 0 amide bonds. The zero-order valence-electron chi connectivity index (χ0n) is 7.99. The van der Waals surface area contributed by atoms with Gasteiger partial charge in [0.15, 0.2) is 0 Å². The molecule has 0 saturated carbocycles. The van der Waals surface area contributed by atoms with Crippen LogP contribution in [0.1, 0.15) is 19.8 Å². The topological polar surface area (TPSA) is 24.8 Å². The van der Waals surface area contributed by atoms with E-state index in [2.05, 4.69) is 17.1 Å². The minimum absolute atomic E-state index is 0.713. The van der Waals surface area contributed by atoms with E-state index in [9.17, 15) is 0 Å². The van der Waals surface area contributed by atoms with Gasteiger partial charge in [-0.2, -0.15) is 0 Å². The van der Waals surface area contributed by atoms with Gasteiger partial charge in [0, 0.05) is 6.21 Å². The van der Waals surface area contributed by atoms with E-state index in [0.29, 0.717) is 5.92 Å². The maximum absolute atomic E-state index is 5.11. The van der Waals surface area contributed by atoms with Gasteiger partial charge in [0.1, 0.15) is 6.61 Å². The van der Waals surface area contributed by atoms with Crippen LogP contribution in [-0.2, 0) is 4.84 Å². The molecule has 0 aromatic carbocycles. The van der Waals surface area contributed by atoms with Crippen LogP contribution in [0.2, 0.25) is 0 Å². The lowest BCUT2D eigenvalue weighted by molar-refractivity contribution is 0.0781. The first kappa shape index (κ1) is 9.52. The molecule has 0 aliphatic carbocycles. The van der Waals surface area contributed by atoms with Crippen molar-refractivity contribution in [2.75, 3.05) is 26.7 Å². The molecule has 0 bridgehead atoms. The monoisotopic (exact) mass is 170 g/mol. The number of rotatable bonds is 3. The summed E-state index contributed by atoms with van der Waals surface area (Å²) in [6.07, 6.45) is 4.18. The first-order chi connectivity index (χ1) is 5.83. The van der Waals surface area contributed by atoms with Gasteiger partial charge in [-0.25, -0.2) is 0 Å². The average Bonchev–Trinajstić information content (AvgIpc) is 2.09. The number of nitrogens with zero attached hydrogens (tertiary/aromatic N) is 2. The Balaban J connectivity index is 2.09. The van der Waals surface area contributed by atoms with Crippen LogP contribution >= 0.6 is 0 Å². The summed E-state index contributed by atoms with van der Waals surface area (Å²) in [6.45, 7) is 5.06. The molecule has 0 radical (unpaired) electrons. The Bertz CT molecular complexity index is 139. The molecule has 3 nitrogen and oxygen atoms in total. The lowest BCUT2D eigenvalue weighted by Crippen LogP contribution is -2.31. The van der Waals surface area contributed by atoms with Crippen LogP contribution in [0.15, 0.2) is 5.16 Å². The zero-order valence-corrected chi connectivity index (χ0v) is 7.99. The molecular formula is C9H18N2O. The first-order valence-corrected chi connectivity index (χ1v) is 4.61. The predicted octanol–water partition coefficient (Wildman–Crippen LogP) is 1.35. The highest BCUT2D eigenvalue weighted by molar-refractivity contribution is 5.52. The summed E-state index contributed by atoms with van der Waals surface area (Å²) in [6, 6.07) is 0. The molecule has 0 aromatic rings. The highest BCUT2D eigenvalue weighted by atomic mass is 16.6. The van der Waals surface area contributed by atoms with Crippen LogP contribution in [0.3, 0.4) is 0 Å². The highest BCUT2D eigenvalue weighted by Gasteiger charge is 2.16. The fourth-order valence-corrected chi connectivity index (χ4v) is 1.45. The van der Waals surface area contributed by atoms with Crippen LogP contribution < -0.4 is 0 Å². The van der Waals surface area contributed by atoms with Gasteiger partial charge in [-0.1, -0.05) is 5.16 Å². The molecule has 12 heavy (non-hydrogen) atoms. The third-order valence-electron chi connectivity index (χ3n) is 2.33. The second-order valence-electron chi connectivity index (χ2n) is 3.41. The Morgan fingerprint density at radius 1 is 1.50 bits per heavy atom. The summed E-state index contributed by atoms with van der Waals surface area (Å²) >= 11 is 0. The molecule has 0 spiro atoms. The number of hydrogen-bond acceptors (Lipinski definition) is 3. The van der Waals surface area contributed by atoms with Crippen molar-refractivity contribution in [2.24, 2.45) is 11.1 Å². The minimum atomic E-state index is 0.713. The molecule has 1 fully saturated rings. The van der Waals surface area contributed by atoms with Gasteiger partial charge in [0.05, 0.1) is 0 Å². The average molecular weight is 170 g/mol. The van der Waals surface area contributed by atoms with Crippen LogP contribution in [0.25, 0.3) is 0 Å². The lowest BCUT2D eigenvalue weighted by Gasteiger charge is -2.27. The van der Waals surface area contributed by atoms with Gasteiger partial charge in [-0.3, -0.25) is 0 Å². The fraction of sp³-hybridized carbons (Fsp3) is 0.889. The molecule has 1 heterocycles. The van der Waals surface area contributed by atoms with Gasteiger partial charge < -0.3 is 9.74 Å². The van der Waals surface area contributed by atoms with E-state index in [1.54, 1.807) is 6.21 Å². The molecule has 0 atom stereocenters. The summed E-state index contributed by atoms with van der Waals surface area (Å²) in [5.74, 6) is 0.713. The van der Waals surface area contributed by atoms with Gasteiger partial charge in [-0.15, -0.1) is 0 Å². The smallest absolute Gasteiger partial charge is 0.120 e. The Kier molecular flexibility index (Phi) is 4.08. The SMILES string of the molecule is CC=NOCC1CCN(C)CC1. The second-order valence-corrected chi connectivity index (χ2v) is 3.41. The number of hydrogen-bond donors (Lipinski definition) is 0. The molecule has 0 N–H and O–H groups in total. The second kappa shape index (κ2) is 5.14. The zero-order chi connectivity index (χ0) is 8.81. The Hall–Kier alpha value is -0.570. The number of piperidine rings is 1. The maximum Gasteiger partial charge on any atom is 0.120 e. The highest BCUT2D eigenvalue weighted by Crippen LogP contribution is 2.15. The molecule has 1 aliphatic rings. The molecule has 3 heteroatoms. The summed E-state index contributed by atoms with van der Waals surface area (Å²) in [7, 11) is 2.17. The first-order valence-electron chi connectivity index (χ1n) is 4.61. The largest absolute Gasteiger partial charge is 0.396 e. The number of likely N-dealkylation sites (tertiary alicyclic amines) is 1. The lowest BCUT2D eigenvalue weighted by atomic mass is 9.98. The third-order valence-corrected chi connectivity index (χ3v) is 2.33.